The summed E-state index contributed by atoms with van der Waals surface area (Å²) < 4.78 is 38.9. The minimum absolute atomic E-state index is 0.259. The van der Waals surface area contributed by atoms with Gasteiger partial charge in [0.15, 0.2) is 18.9 Å². The van der Waals surface area contributed by atoms with Crippen molar-refractivity contribution in [3.05, 3.63) is 0 Å². The zero-order chi connectivity index (χ0) is 34.9. The molecule has 8 unspecified atom stereocenters. The first kappa shape index (κ1) is 39.0. The van der Waals surface area contributed by atoms with Crippen molar-refractivity contribution in [2.45, 2.75) is 136 Å². The standard InChI is InChI=1S/C27H48O20/c1-7(2)23-20(38)16(34)14(32)10(43-23)5-41-25-21(39)18(36)15(33)11(46-25)6-42-27-24(19(37)13(31)9(4-29)45-27)47-26-22(40)17(35)12(30)8(3-28)44-26/h7-40H,3-6H2,1-2H3/t8?,9?,10?,11?,12-,13-,14-,15-,16?,17?,18?,19?,20-,21-,22-,23-,24-,25+,26-,27+/m1/s1. The minimum atomic E-state index is -1.90. The zero-order valence-corrected chi connectivity index (χ0v) is 25.6. The van der Waals surface area contributed by atoms with Crippen molar-refractivity contribution in [1.29, 1.82) is 0 Å². The molecule has 0 spiro atoms. The fraction of sp³-hybridized carbons (Fsp3) is 1.00. The Bertz CT molecular complexity index is 961. The summed E-state index contributed by atoms with van der Waals surface area (Å²) in [5.41, 5.74) is 0. The molecule has 4 aliphatic heterocycles. The predicted octanol–water partition coefficient (Wildman–Crippen LogP) is -8.04. The third-order valence-corrected chi connectivity index (χ3v) is 8.89. The van der Waals surface area contributed by atoms with Crippen molar-refractivity contribution >= 4 is 0 Å². The second-order valence-corrected chi connectivity index (χ2v) is 12.5. The molecule has 20 nitrogen and oxygen atoms in total. The van der Waals surface area contributed by atoms with Crippen LogP contribution in [0, 0.1) is 5.92 Å². The Morgan fingerprint density at radius 2 is 0.851 bits per heavy atom. The van der Waals surface area contributed by atoms with Gasteiger partial charge in [0.1, 0.15) is 97.7 Å². The second kappa shape index (κ2) is 16.5. The fourth-order valence-corrected chi connectivity index (χ4v) is 5.91. The van der Waals surface area contributed by atoms with Crippen molar-refractivity contribution in [1.82, 2.24) is 0 Å². The summed E-state index contributed by atoms with van der Waals surface area (Å²) in [4.78, 5) is 0. The van der Waals surface area contributed by atoms with E-state index >= 15 is 0 Å². The van der Waals surface area contributed by atoms with Crippen molar-refractivity contribution in [2.75, 3.05) is 26.4 Å². The lowest BCUT2D eigenvalue weighted by Gasteiger charge is -2.46. The third kappa shape index (κ3) is 8.24. The molecule has 20 atom stereocenters. The number of rotatable bonds is 11. The first-order valence-corrected chi connectivity index (χ1v) is 15.3. The van der Waals surface area contributed by atoms with Crippen LogP contribution in [-0.4, -0.2) is 215 Å². The number of aliphatic hydroxyl groups is 13. The molecule has 0 aromatic carbocycles. The molecule has 276 valence electrons. The highest BCUT2D eigenvalue weighted by atomic mass is 16.8. The molecular formula is C27H48O20. The molecule has 0 saturated carbocycles. The largest absolute Gasteiger partial charge is 0.394 e. The van der Waals surface area contributed by atoms with Crippen molar-refractivity contribution in [3.63, 3.8) is 0 Å². The summed E-state index contributed by atoms with van der Waals surface area (Å²) in [5, 5.41) is 133. The van der Waals surface area contributed by atoms with Crippen LogP contribution in [0.15, 0.2) is 0 Å². The lowest BCUT2D eigenvalue weighted by molar-refractivity contribution is -0.373. The lowest BCUT2D eigenvalue weighted by atomic mass is 9.89. The van der Waals surface area contributed by atoms with Crippen LogP contribution in [0.4, 0.5) is 0 Å². The number of ether oxygens (including phenoxy) is 7. The molecule has 0 amide bonds. The first-order valence-electron chi connectivity index (χ1n) is 15.3. The SMILES string of the molecule is CC(C)[C@H]1OC(CO[C@H]2OC(CO[C@H]3OC(CO)[C@@H](O)C(O)[C@H]3O[C@H]3OC(CO)[C@@H](O)C(O)[C@H]3O)[C@@H](O)C(O)[C@H]2O)[C@@H](O)C(O)[C@H]1O. The van der Waals surface area contributed by atoms with Crippen LogP contribution in [0.3, 0.4) is 0 Å². The van der Waals surface area contributed by atoms with E-state index in [9.17, 15) is 66.4 Å². The number of hydrogen-bond donors (Lipinski definition) is 13. The van der Waals surface area contributed by atoms with Crippen LogP contribution in [0.2, 0.25) is 0 Å². The molecule has 13 N–H and O–H groups in total. The van der Waals surface area contributed by atoms with Crippen LogP contribution in [0.5, 0.6) is 0 Å². The Morgan fingerprint density at radius 1 is 0.447 bits per heavy atom. The maximum atomic E-state index is 10.8. The molecule has 47 heavy (non-hydrogen) atoms. The monoisotopic (exact) mass is 692 g/mol. The molecular weight excluding hydrogens is 644 g/mol. The van der Waals surface area contributed by atoms with E-state index in [0.717, 1.165) is 0 Å². The van der Waals surface area contributed by atoms with Gasteiger partial charge >= 0.3 is 0 Å². The average Bonchev–Trinajstić information content (AvgIpc) is 3.05. The van der Waals surface area contributed by atoms with E-state index in [-0.39, 0.29) is 5.92 Å². The molecule has 0 aliphatic carbocycles. The Labute approximate surface area is 268 Å². The van der Waals surface area contributed by atoms with Gasteiger partial charge in [0, 0.05) is 0 Å². The summed E-state index contributed by atoms with van der Waals surface area (Å²) >= 11 is 0. The molecule has 0 bridgehead atoms. The molecule has 4 heterocycles. The van der Waals surface area contributed by atoms with Crippen molar-refractivity contribution in [2.24, 2.45) is 5.92 Å². The molecule has 4 rings (SSSR count). The van der Waals surface area contributed by atoms with Gasteiger partial charge < -0.3 is 99.5 Å². The van der Waals surface area contributed by atoms with E-state index in [1.807, 2.05) is 0 Å². The van der Waals surface area contributed by atoms with Gasteiger partial charge in [-0.3, -0.25) is 0 Å². The zero-order valence-electron chi connectivity index (χ0n) is 25.6. The van der Waals surface area contributed by atoms with E-state index in [4.69, 9.17) is 33.2 Å². The Kier molecular flexibility index (Phi) is 13.7. The van der Waals surface area contributed by atoms with Gasteiger partial charge in [-0.05, 0) is 5.92 Å². The molecule has 0 aromatic heterocycles. The molecule has 4 aliphatic rings. The summed E-state index contributed by atoms with van der Waals surface area (Å²) in [7, 11) is 0. The number of hydrogen-bond acceptors (Lipinski definition) is 20. The highest BCUT2D eigenvalue weighted by Gasteiger charge is 2.52. The quantitative estimate of drug-likeness (QED) is 0.0956. The van der Waals surface area contributed by atoms with Gasteiger partial charge in [0.2, 0.25) is 0 Å². The lowest BCUT2D eigenvalue weighted by Crippen LogP contribution is -2.65. The maximum Gasteiger partial charge on any atom is 0.187 e. The van der Waals surface area contributed by atoms with Gasteiger partial charge in [-0.25, -0.2) is 0 Å². The minimum Gasteiger partial charge on any atom is -0.394 e. The third-order valence-electron chi connectivity index (χ3n) is 8.89. The summed E-state index contributed by atoms with van der Waals surface area (Å²) in [6, 6.07) is 0. The molecule has 0 aromatic rings. The highest BCUT2D eigenvalue weighted by molar-refractivity contribution is 4.96. The fourth-order valence-electron chi connectivity index (χ4n) is 5.91. The Balaban J connectivity index is 1.43. The van der Waals surface area contributed by atoms with Crippen LogP contribution in [0.25, 0.3) is 0 Å². The van der Waals surface area contributed by atoms with E-state index in [2.05, 4.69) is 0 Å². The molecule has 4 fully saturated rings. The Morgan fingerprint density at radius 3 is 1.38 bits per heavy atom. The van der Waals surface area contributed by atoms with Crippen LogP contribution in [0.1, 0.15) is 13.8 Å². The van der Waals surface area contributed by atoms with Gasteiger partial charge in [-0.1, -0.05) is 13.8 Å². The van der Waals surface area contributed by atoms with Crippen molar-refractivity contribution < 1.29 is 99.5 Å². The van der Waals surface area contributed by atoms with Gasteiger partial charge in [-0.2, -0.15) is 0 Å². The normalized spacial score (nSPS) is 51.3. The topological polar surface area (TPSA) is 328 Å². The van der Waals surface area contributed by atoms with Gasteiger partial charge in [0.25, 0.3) is 0 Å². The second-order valence-electron chi connectivity index (χ2n) is 12.5. The van der Waals surface area contributed by atoms with Gasteiger partial charge in [-0.15, -0.1) is 0 Å². The van der Waals surface area contributed by atoms with E-state index < -0.39 is 149 Å². The maximum absolute atomic E-state index is 10.8. The molecule has 4 saturated heterocycles. The van der Waals surface area contributed by atoms with E-state index in [0.29, 0.717) is 0 Å². The first-order chi connectivity index (χ1) is 22.1. The van der Waals surface area contributed by atoms with E-state index in [1.54, 1.807) is 13.8 Å². The predicted molar refractivity (Wildman–Crippen MR) is 147 cm³/mol. The van der Waals surface area contributed by atoms with Gasteiger partial charge in [0.05, 0.1) is 32.5 Å². The Hall–Kier alpha value is -0.800. The summed E-state index contributed by atoms with van der Waals surface area (Å²) in [6.07, 6.45) is -32.3. The highest BCUT2D eigenvalue weighted by Crippen LogP contribution is 2.32. The number of aliphatic hydroxyl groups excluding tert-OH is 13. The summed E-state index contributed by atoms with van der Waals surface area (Å²) in [5.74, 6) is -0.259. The molecule has 20 heteroatoms. The average molecular weight is 693 g/mol. The van der Waals surface area contributed by atoms with Crippen LogP contribution < -0.4 is 0 Å². The van der Waals surface area contributed by atoms with Crippen LogP contribution in [-0.2, 0) is 33.2 Å². The molecule has 0 radical (unpaired) electrons. The summed E-state index contributed by atoms with van der Waals surface area (Å²) in [6.45, 7) is 0.704. The van der Waals surface area contributed by atoms with Crippen molar-refractivity contribution in [3.8, 4) is 0 Å². The smallest absolute Gasteiger partial charge is 0.187 e. The van der Waals surface area contributed by atoms with E-state index in [1.165, 1.54) is 0 Å². The van der Waals surface area contributed by atoms with Crippen LogP contribution >= 0.6 is 0 Å².